The van der Waals surface area contributed by atoms with Gasteiger partial charge in [0.25, 0.3) is 0 Å². The van der Waals surface area contributed by atoms with Gasteiger partial charge in [0.2, 0.25) is 0 Å². The second-order valence-corrected chi connectivity index (χ2v) is 2.26. The van der Waals surface area contributed by atoms with Gasteiger partial charge in [-0.15, -0.1) is 12.4 Å². The first-order valence-electron chi connectivity index (χ1n) is 2.87. The van der Waals surface area contributed by atoms with E-state index in [-0.39, 0.29) is 12.4 Å². The number of hydrazine groups is 1. The van der Waals surface area contributed by atoms with E-state index >= 15 is 0 Å². The monoisotopic (exact) mass is 193 g/mol. The van der Waals surface area contributed by atoms with Crippen molar-refractivity contribution in [2.24, 2.45) is 5.84 Å². The molecule has 0 bridgehead atoms. The zero-order valence-electron chi connectivity index (χ0n) is 5.75. The topological polar surface area (TPSA) is 50.9 Å². The van der Waals surface area contributed by atoms with Crippen LogP contribution in [0, 0.1) is 0 Å². The summed E-state index contributed by atoms with van der Waals surface area (Å²) in [5.41, 5.74) is 3.54. The summed E-state index contributed by atoms with van der Waals surface area (Å²) in [7, 11) is 0. The molecular formula is C6H9Cl2N3. The Balaban J connectivity index is 0.000001000. The van der Waals surface area contributed by atoms with Crippen molar-refractivity contribution in [2.75, 3.05) is 0 Å². The highest BCUT2D eigenvalue weighted by Gasteiger charge is 1.90. The fraction of sp³-hybridized carbons (Fsp3) is 0.167. The summed E-state index contributed by atoms with van der Waals surface area (Å²) in [6.45, 7) is 0.615. The lowest BCUT2D eigenvalue weighted by Gasteiger charge is -1.96. The van der Waals surface area contributed by atoms with Gasteiger partial charge in [0.15, 0.2) is 0 Å². The first kappa shape index (κ1) is 10.7. The first-order chi connectivity index (χ1) is 4.83. The fourth-order valence-corrected chi connectivity index (χ4v) is 0.741. The number of aromatic nitrogens is 1. The van der Waals surface area contributed by atoms with Gasteiger partial charge < -0.3 is 0 Å². The standard InChI is InChI=1S/C6H8ClN3.ClH/c7-6-2-1-5(3-9-6)4-10-8;/h1-3,10H,4,8H2;1H. The van der Waals surface area contributed by atoms with E-state index in [1.165, 1.54) is 0 Å². The van der Waals surface area contributed by atoms with E-state index in [4.69, 9.17) is 17.4 Å². The molecule has 0 saturated carbocycles. The van der Waals surface area contributed by atoms with Crippen LogP contribution in [0.5, 0.6) is 0 Å². The molecule has 0 atom stereocenters. The molecular weight excluding hydrogens is 185 g/mol. The minimum Gasteiger partial charge on any atom is -0.271 e. The predicted molar refractivity (Wildman–Crippen MR) is 47.5 cm³/mol. The third kappa shape index (κ3) is 3.53. The maximum Gasteiger partial charge on any atom is 0.129 e. The molecule has 0 unspecified atom stereocenters. The molecule has 0 aliphatic heterocycles. The lowest BCUT2D eigenvalue weighted by Crippen LogP contribution is -2.20. The highest BCUT2D eigenvalue weighted by molar-refractivity contribution is 6.29. The average molecular weight is 194 g/mol. The lowest BCUT2D eigenvalue weighted by molar-refractivity contribution is 0.738. The van der Waals surface area contributed by atoms with Crippen molar-refractivity contribution in [3.05, 3.63) is 29.0 Å². The molecule has 0 aliphatic rings. The third-order valence-corrected chi connectivity index (χ3v) is 1.32. The number of pyridine rings is 1. The molecule has 0 aromatic carbocycles. The Morgan fingerprint density at radius 1 is 1.55 bits per heavy atom. The maximum atomic E-state index is 5.55. The molecule has 0 radical (unpaired) electrons. The van der Waals surface area contributed by atoms with Crippen molar-refractivity contribution in [3.63, 3.8) is 0 Å². The van der Waals surface area contributed by atoms with Crippen molar-refractivity contribution >= 4 is 24.0 Å². The molecule has 1 heterocycles. The molecule has 62 valence electrons. The first-order valence-corrected chi connectivity index (χ1v) is 3.24. The molecule has 1 rings (SSSR count). The molecule has 0 saturated heterocycles. The average Bonchev–Trinajstić information content (AvgIpc) is 1.95. The highest BCUT2D eigenvalue weighted by atomic mass is 35.5. The van der Waals surface area contributed by atoms with Gasteiger partial charge in [-0.3, -0.25) is 11.3 Å². The number of nitrogens with zero attached hydrogens (tertiary/aromatic N) is 1. The van der Waals surface area contributed by atoms with Gasteiger partial charge in [-0.1, -0.05) is 17.7 Å². The Labute approximate surface area is 76.3 Å². The van der Waals surface area contributed by atoms with Crippen LogP contribution in [0.2, 0.25) is 5.15 Å². The molecule has 0 fully saturated rings. The zero-order valence-corrected chi connectivity index (χ0v) is 7.32. The summed E-state index contributed by atoms with van der Waals surface area (Å²) in [6, 6.07) is 3.60. The van der Waals surface area contributed by atoms with E-state index in [1.54, 1.807) is 12.3 Å². The number of hydrogen-bond acceptors (Lipinski definition) is 3. The largest absolute Gasteiger partial charge is 0.271 e. The summed E-state index contributed by atoms with van der Waals surface area (Å²) < 4.78 is 0. The molecule has 3 N–H and O–H groups in total. The predicted octanol–water partition coefficient (Wildman–Crippen LogP) is 1.12. The van der Waals surface area contributed by atoms with Gasteiger partial charge in [0.1, 0.15) is 5.15 Å². The Morgan fingerprint density at radius 3 is 2.73 bits per heavy atom. The Bertz CT molecular complexity index is 199. The van der Waals surface area contributed by atoms with E-state index in [2.05, 4.69) is 10.4 Å². The van der Waals surface area contributed by atoms with Gasteiger partial charge in [0.05, 0.1) is 0 Å². The van der Waals surface area contributed by atoms with Crippen LogP contribution in [0.1, 0.15) is 5.56 Å². The van der Waals surface area contributed by atoms with Gasteiger partial charge in [-0.2, -0.15) is 0 Å². The van der Waals surface area contributed by atoms with Crippen LogP contribution in [0.3, 0.4) is 0 Å². The number of halogens is 2. The van der Waals surface area contributed by atoms with E-state index in [1.807, 2.05) is 6.07 Å². The molecule has 1 aromatic heterocycles. The Morgan fingerprint density at radius 2 is 2.27 bits per heavy atom. The van der Waals surface area contributed by atoms with E-state index in [9.17, 15) is 0 Å². The van der Waals surface area contributed by atoms with Gasteiger partial charge in [-0.05, 0) is 11.6 Å². The van der Waals surface area contributed by atoms with Gasteiger partial charge >= 0.3 is 0 Å². The van der Waals surface area contributed by atoms with Crippen LogP contribution in [0.25, 0.3) is 0 Å². The number of nitrogens with one attached hydrogen (secondary N) is 1. The van der Waals surface area contributed by atoms with Crippen molar-refractivity contribution in [1.82, 2.24) is 10.4 Å². The van der Waals surface area contributed by atoms with E-state index in [0.29, 0.717) is 11.7 Å². The highest BCUT2D eigenvalue weighted by Crippen LogP contribution is 2.03. The Hall–Kier alpha value is -0.350. The van der Waals surface area contributed by atoms with Crippen molar-refractivity contribution in [2.45, 2.75) is 6.54 Å². The summed E-state index contributed by atoms with van der Waals surface area (Å²) in [5.74, 6) is 5.09. The van der Waals surface area contributed by atoms with Gasteiger partial charge in [0, 0.05) is 12.7 Å². The van der Waals surface area contributed by atoms with E-state index < -0.39 is 0 Å². The molecule has 0 spiro atoms. The zero-order chi connectivity index (χ0) is 7.40. The second kappa shape index (κ2) is 5.32. The SMILES string of the molecule is Cl.NNCc1ccc(Cl)nc1. The summed E-state index contributed by atoms with van der Waals surface area (Å²) in [6.07, 6.45) is 1.68. The summed E-state index contributed by atoms with van der Waals surface area (Å²) in [5, 5.41) is 0.501. The summed E-state index contributed by atoms with van der Waals surface area (Å²) >= 11 is 5.55. The van der Waals surface area contributed by atoms with Crippen LogP contribution in [0.4, 0.5) is 0 Å². The molecule has 11 heavy (non-hydrogen) atoms. The number of rotatable bonds is 2. The summed E-state index contributed by atoms with van der Waals surface area (Å²) in [4.78, 5) is 3.87. The quantitative estimate of drug-likeness (QED) is 0.421. The molecule has 0 amide bonds. The molecule has 3 nitrogen and oxygen atoms in total. The lowest BCUT2D eigenvalue weighted by atomic mass is 10.3. The van der Waals surface area contributed by atoms with E-state index in [0.717, 1.165) is 5.56 Å². The van der Waals surface area contributed by atoms with Crippen LogP contribution >= 0.6 is 24.0 Å². The smallest absolute Gasteiger partial charge is 0.129 e. The second-order valence-electron chi connectivity index (χ2n) is 1.87. The van der Waals surface area contributed by atoms with Crippen LogP contribution in [-0.2, 0) is 6.54 Å². The number of nitrogens with two attached hydrogens (primary N) is 1. The van der Waals surface area contributed by atoms with Crippen molar-refractivity contribution < 1.29 is 0 Å². The third-order valence-electron chi connectivity index (χ3n) is 1.09. The van der Waals surface area contributed by atoms with Crippen molar-refractivity contribution in [3.8, 4) is 0 Å². The van der Waals surface area contributed by atoms with Crippen molar-refractivity contribution in [1.29, 1.82) is 0 Å². The van der Waals surface area contributed by atoms with Crippen LogP contribution < -0.4 is 11.3 Å². The van der Waals surface area contributed by atoms with Crippen LogP contribution in [0.15, 0.2) is 18.3 Å². The normalized spacial score (nSPS) is 8.91. The maximum absolute atomic E-state index is 5.55. The number of hydrogen-bond donors (Lipinski definition) is 2. The van der Waals surface area contributed by atoms with Crippen LogP contribution in [-0.4, -0.2) is 4.98 Å². The molecule has 5 heteroatoms. The Kier molecular flexibility index (Phi) is 5.15. The molecule has 0 aliphatic carbocycles. The van der Waals surface area contributed by atoms with Gasteiger partial charge in [-0.25, -0.2) is 4.98 Å². The minimum absolute atomic E-state index is 0. The minimum atomic E-state index is 0. The fourth-order valence-electron chi connectivity index (χ4n) is 0.629. The molecule has 1 aromatic rings.